The molecule has 0 aliphatic carbocycles. The third-order valence-corrected chi connectivity index (χ3v) is 4.27. The van der Waals surface area contributed by atoms with Crippen LogP contribution in [-0.2, 0) is 4.79 Å². The summed E-state index contributed by atoms with van der Waals surface area (Å²) in [7, 11) is 0. The maximum Gasteiger partial charge on any atom is 0.240 e. The molecule has 0 aromatic rings. The van der Waals surface area contributed by atoms with Gasteiger partial charge < -0.3 is 10.0 Å². The molecule has 0 saturated carbocycles. The van der Waals surface area contributed by atoms with Crippen LogP contribution in [0.5, 0.6) is 0 Å². The molecule has 2 saturated heterocycles. The Morgan fingerprint density at radius 1 is 1.35 bits per heavy atom. The summed E-state index contributed by atoms with van der Waals surface area (Å²) in [5, 5.41) is 12.2. The van der Waals surface area contributed by atoms with Crippen molar-refractivity contribution in [3.63, 3.8) is 0 Å². The summed E-state index contributed by atoms with van der Waals surface area (Å²) in [5.41, 5.74) is 0. The Labute approximate surface area is 107 Å². The maximum absolute atomic E-state index is 12.2. The number of carbonyl (C=O) groups excluding carboxylic acids is 1. The van der Waals surface area contributed by atoms with Crippen LogP contribution in [0.1, 0.15) is 6.42 Å². The lowest BCUT2D eigenvalue weighted by atomic mass is 10.2. The standard InChI is InChI=1S/C11H21N3O2S/c15-7-6-13-2-1-3-14(5-4-13)11(16)10-8-17-9-12-10/h10,12,15H,1-9H2. The van der Waals surface area contributed by atoms with Crippen molar-refractivity contribution in [2.75, 3.05) is 51.0 Å². The van der Waals surface area contributed by atoms with E-state index in [0.717, 1.165) is 50.8 Å². The first-order valence-corrected chi connectivity index (χ1v) is 7.40. The number of hydrogen-bond donors (Lipinski definition) is 2. The second-order valence-electron chi connectivity index (χ2n) is 4.52. The van der Waals surface area contributed by atoms with Gasteiger partial charge in [0.15, 0.2) is 0 Å². The van der Waals surface area contributed by atoms with Crippen LogP contribution in [0.2, 0.25) is 0 Å². The second-order valence-corrected chi connectivity index (χ2v) is 5.55. The lowest BCUT2D eigenvalue weighted by Gasteiger charge is -2.24. The minimum Gasteiger partial charge on any atom is -0.395 e. The Morgan fingerprint density at radius 3 is 2.94 bits per heavy atom. The van der Waals surface area contributed by atoms with Crippen molar-refractivity contribution >= 4 is 17.7 Å². The number of carbonyl (C=O) groups is 1. The van der Waals surface area contributed by atoms with Gasteiger partial charge in [-0.05, 0) is 13.0 Å². The Morgan fingerprint density at radius 2 is 2.24 bits per heavy atom. The third-order valence-electron chi connectivity index (χ3n) is 3.33. The summed E-state index contributed by atoms with van der Waals surface area (Å²) in [6.07, 6.45) is 1.01. The fourth-order valence-electron chi connectivity index (χ4n) is 2.33. The van der Waals surface area contributed by atoms with E-state index in [-0.39, 0.29) is 18.6 Å². The number of nitrogens with zero attached hydrogens (tertiary/aromatic N) is 2. The highest BCUT2D eigenvalue weighted by Crippen LogP contribution is 2.13. The van der Waals surface area contributed by atoms with Gasteiger partial charge in [0.05, 0.1) is 12.6 Å². The highest BCUT2D eigenvalue weighted by atomic mass is 32.2. The molecule has 0 radical (unpaired) electrons. The van der Waals surface area contributed by atoms with Crippen LogP contribution >= 0.6 is 11.8 Å². The van der Waals surface area contributed by atoms with E-state index in [1.54, 1.807) is 11.8 Å². The minimum absolute atomic E-state index is 0.0180. The van der Waals surface area contributed by atoms with Gasteiger partial charge in [-0.1, -0.05) is 0 Å². The molecular formula is C11H21N3O2S. The molecule has 0 aromatic carbocycles. The number of β-amino-alcohol motifs (C(OH)–C–C–N with tert-alkyl or cyclic N) is 1. The van der Waals surface area contributed by atoms with Crippen molar-refractivity contribution in [1.29, 1.82) is 0 Å². The van der Waals surface area contributed by atoms with Crippen molar-refractivity contribution in [2.45, 2.75) is 12.5 Å². The number of thioether (sulfide) groups is 1. The summed E-state index contributed by atoms with van der Waals surface area (Å²) in [4.78, 5) is 16.4. The molecule has 1 amide bonds. The molecule has 2 aliphatic rings. The lowest BCUT2D eigenvalue weighted by Crippen LogP contribution is -2.46. The number of aliphatic hydroxyl groups is 1. The molecule has 2 N–H and O–H groups in total. The first kappa shape index (κ1) is 13.1. The van der Waals surface area contributed by atoms with Crippen molar-refractivity contribution in [2.24, 2.45) is 0 Å². The van der Waals surface area contributed by atoms with E-state index in [9.17, 15) is 4.79 Å². The van der Waals surface area contributed by atoms with Crippen LogP contribution in [-0.4, -0.2) is 77.8 Å². The Bertz CT molecular complexity index is 259. The SMILES string of the molecule is O=C(C1CSCN1)N1CCCN(CCO)CC1. The highest BCUT2D eigenvalue weighted by molar-refractivity contribution is 7.99. The fraction of sp³-hybridized carbons (Fsp3) is 0.909. The Kier molecular flexibility index (Phi) is 5.09. The molecule has 17 heavy (non-hydrogen) atoms. The van der Waals surface area contributed by atoms with E-state index in [1.165, 1.54) is 0 Å². The van der Waals surface area contributed by atoms with Crippen LogP contribution in [0, 0.1) is 0 Å². The molecule has 98 valence electrons. The molecule has 0 aromatic heterocycles. The fourth-order valence-corrected chi connectivity index (χ4v) is 3.26. The van der Waals surface area contributed by atoms with E-state index in [0.29, 0.717) is 0 Å². The van der Waals surface area contributed by atoms with Crippen LogP contribution < -0.4 is 5.32 Å². The average Bonchev–Trinajstić information content (AvgIpc) is 2.76. The molecule has 0 spiro atoms. The monoisotopic (exact) mass is 259 g/mol. The first-order chi connectivity index (χ1) is 8.31. The summed E-state index contributed by atoms with van der Waals surface area (Å²) in [6, 6.07) is 0.0180. The largest absolute Gasteiger partial charge is 0.395 e. The van der Waals surface area contributed by atoms with E-state index in [2.05, 4.69) is 10.2 Å². The van der Waals surface area contributed by atoms with Crippen molar-refractivity contribution in [3.05, 3.63) is 0 Å². The van der Waals surface area contributed by atoms with E-state index < -0.39 is 0 Å². The van der Waals surface area contributed by atoms with Gasteiger partial charge >= 0.3 is 0 Å². The lowest BCUT2D eigenvalue weighted by molar-refractivity contribution is -0.132. The third kappa shape index (κ3) is 3.58. The molecule has 0 bridgehead atoms. The van der Waals surface area contributed by atoms with Crippen LogP contribution in [0.25, 0.3) is 0 Å². The second kappa shape index (κ2) is 6.58. The van der Waals surface area contributed by atoms with Gasteiger partial charge in [0.1, 0.15) is 0 Å². The molecule has 5 nitrogen and oxygen atoms in total. The van der Waals surface area contributed by atoms with Gasteiger partial charge in [0.2, 0.25) is 5.91 Å². The zero-order chi connectivity index (χ0) is 12.1. The first-order valence-electron chi connectivity index (χ1n) is 6.24. The number of amides is 1. The van der Waals surface area contributed by atoms with E-state index in [1.807, 2.05) is 4.90 Å². The van der Waals surface area contributed by atoms with Gasteiger partial charge in [-0.3, -0.25) is 15.0 Å². The van der Waals surface area contributed by atoms with Crippen molar-refractivity contribution in [3.8, 4) is 0 Å². The molecule has 2 heterocycles. The van der Waals surface area contributed by atoms with Gasteiger partial charge in [-0.25, -0.2) is 0 Å². The van der Waals surface area contributed by atoms with Crippen molar-refractivity contribution in [1.82, 2.24) is 15.1 Å². The zero-order valence-corrected chi connectivity index (χ0v) is 10.9. The normalized spacial score (nSPS) is 27.1. The number of rotatable bonds is 3. The van der Waals surface area contributed by atoms with Crippen LogP contribution in [0.4, 0.5) is 0 Å². The van der Waals surface area contributed by atoms with Gasteiger partial charge in [-0.15, -0.1) is 11.8 Å². The summed E-state index contributed by atoms with van der Waals surface area (Å²) < 4.78 is 0. The number of aliphatic hydroxyl groups excluding tert-OH is 1. The minimum atomic E-state index is 0.0180. The Hall–Kier alpha value is -0.300. The average molecular weight is 259 g/mol. The quantitative estimate of drug-likeness (QED) is 0.693. The number of nitrogens with one attached hydrogen (secondary N) is 1. The van der Waals surface area contributed by atoms with Gasteiger partial charge in [-0.2, -0.15) is 0 Å². The maximum atomic E-state index is 12.2. The van der Waals surface area contributed by atoms with Gasteiger partial charge in [0, 0.05) is 37.8 Å². The number of hydrogen-bond acceptors (Lipinski definition) is 5. The van der Waals surface area contributed by atoms with Crippen molar-refractivity contribution < 1.29 is 9.90 Å². The zero-order valence-electron chi connectivity index (χ0n) is 10.1. The molecule has 6 heteroatoms. The summed E-state index contributed by atoms with van der Waals surface area (Å²) >= 11 is 1.79. The molecule has 1 atom stereocenters. The Balaban J connectivity index is 1.83. The predicted octanol–water partition coefficient (Wildman–Crippen LogP) is -0.824. The smallest absolute Gasteiger partial charge is 0.240 e. The van der Waals surface area contributed by atoms with E-state index in [4.69, 9.17) is 5.11 Å². The van der Waals surface area contributed by atoms with Gasteiger partial charge in [0.25, 0.3) is 0 Å². The summed E-state index contributed by atoms with van der Waals surface area (Å²) in [5.74, 6) is 2.04. The van der Waals surface area contributed by atoms with E-state index >= 15 is 0 Å². The summed E-state index contributed by atoms with van der Waals surface area (Å²) in [6.45, 7) is 4.43. The molecule has 1 unspecified atom stereocenters. The molecule has 2 fully saturated rings. The predicted molar refractivity (Wildman–Crippen MR) is 69.0 cm³/mol. The molecular weight excluding hydrogens is 238 g/mol. The van der Waals surface area contributed by atoms with Crippen LogP contribution in [0.3, 0.4) is 0 Å². The molecule has 2 rings (SSSR count). The van der Waals surface area contributed by atoms with Crippen LogP contribution in [0.15, 0.2) is 0 Å². The molecule has 2 aliphatic heterocycles. The topological polar surface area (TPSA) is 55.8 Å². The highest BCUT2D eigenvalue weighted by Gasteiger charge is 2.28.